The topological polar surface area (TPSA) is 108 Å². The van der Waals surface area contributed by atoms with Gasteiger partial charge in [0.15, 0.2) is 11.0 Å². The molecule has 0 aliphatic heterocycles. The monoisotopic (exact) mass is 515 g/mol. The molecule has 0 unspecified atom stereocenters. The lowest BCUT2D eigenvalue weighted by Gasteiger charge is -2.13. The van der Waals surface area contributed by atoms with Crippen LogP contribution < -0.4 is 10.1 Å². The summed E-state index contributed by atoms with van der Waals surface area (Å²) < 4.78 is 7.55. The molecule has 180 valence electrons. The van der Waals surface area contributed by atoms with Crippen molar-refractivity contribution >= 4 is 29.0 Å². The van der Waals surface area contributed by atoms with E-state index in [9.17, 15) is 4.79 Å². The van der Waals surface area contributed by atoms with Crippen molar-refractivity contribution in [1.29, 1.82) is 0 Å². The summed E-state index contributed by atoms with van der Waals surface area (Å²) in [5, 5.41) is 15.0. The molecular weight excluding hydrogens is 494 g/mol. The molecule has 0 bridgehead atoms. The van der Waals surface area contributed by atoms with Gasteiger partial charge in [0, 0.05) is 29.5 Å². The van der Waals surface area contributed by atoms with Crippen LogP contribution in [0.2, 0.25) is 0 Å². The summed E-state index contributed by atoms with van der Waals surface area (Å²) >= 11 is 2.92. The van der Waals surface area contributed by atoms with Crippen molar-refractivity contribution in [2.45, 2.75) is 17.5 Å². The average molecular weight is 516 g/mol. The second kappa shape index (κ2) is 11.1. The van der Waals surface area contributed by atoms with Crippen molar-refractivity contribution in [3.8, 4) is 22.8 Å². The zero-order valence-corrected chi connectivity index (χ0v) is 20.9. The van der Waals surface area contributed by atoms with Crippen LogP contribution in [0.1, 0.15) is 21.2 Å². The maximum Gasteiger partial charge on any atom is 0.271 e. The first kappa shape index (κ1) is 23.6. The molecule has 11 heteroatoms. The Morgan fingerprint density at radius 3 is 2.78 bits per heavy atom. The lowest BCUT2D eigenvalue weighted by Crippen LogP contribution is -2.23. The van der Waals surface area contributed by atoms with Gasteiger partial charge in [0.25, 0.3) is 5.91 Å². The van der Waals surface area contributed by atoms with E-state index in [1.165, 1.54) is 23.1 Å². The fourth-order valence-electron chi connectivity index (χ4n) is 3.45. The zero-order valence-electron chi connectivity index (χ0n) is 19.2. The normalized spacial score (nSPS) is 10.8. The van der Waals surface area contributed by atoms with Gasteiger partial charge in [0.2, 0.25) is 0 Å². The van der Waals surface area contributed by atoms with Crippen LogP contribution >= 0.6 is 23.1 Å². The Labute approximate surface area is 215 Å². The number of para-hydroxylation sites is 2. The highest BCUT2D eigenvalue weighted by Crippen LogP contribution is 2.33. The van der Waals surface area contributed by atoms with Crippen LogP contribution in [-0.4, -0.2) is 42.7 Å². The van der Waals surface area contributed by atoms with Crippen molar-refractivity contribution < 1.29 is 9.53 Å². The third-order valence-corrected chi connectivity index (χ3v) is 7.12. The first-order chi connectivity index (χ1) is 17.7. The molecule has 1 N–H and O–H groups in total. The van der Waals surface area contributed by atoms with Crippen molar-refractivity contribution in [1.82, 2.24) is 35.0 Å². The number of pyridine rings is 2. The van der Waals surface area contributed by atoms with E-state index in [2.05, 4.69) is 30.5 Å². The molecule has 9 nitrogen and oxygen atoms in total. The molecule has 4 heterocycles. The Hall–Kier alpha value is -4.09. The SMILES string of the molecule is COc1ccccc1-n1c(SCc2nc(C(=O)NCc3ccccn3)cs2)nnc1-c1cccnc1. The predicted molar refractivity (Wildman–Crippen MR) is 138 cm³/mol. The minimum Gasteiger partial charge on any atom is -0.495 e. The average Bonchev–Trinajstić information content (AvgIpc) is 3.59. The minimum absolute atomic E-state index is 0.232. The third kappa shape index (κ3) is 5.26. The van der Waals surface area contributed by atoms with Crippen LogP contribution in [0.15, 0.2) is 83.7 Å². The number of nitrogens with zero attached hydrogens (tertiary/aromatic N) is 6. The number of nitrogens with one attached hydrogen (secondary N) is 1. The van der Waals surface area contributed by atoms with Gasteiger partial charge in [-0.05, 0) is 36.4 Å². The molecule has 0 spiro atoms. The highest BCUT2D eigenvalue weighted by Gasteiger charge is 2.20. The van der Waals surface area contributed by atoms with Gasteiger partial charge in [-0.15, -0.1) is 21.5 Å². The molecule has 1 aromatic carbocycles. The highest BCUT2D eigenvalue weighted by molar-refractivity contribution is 7.98. The maximum atomic E-state index is 12.5. The van der Waals surface area contributed by atoms with Gasteiger partial charge in [-0.3, -0.25) is 19.3 Å². The van der Waals surface area contributed by atoms with Crippen LogP contribution in [0.4, 0.5) is 0 Å². The highest BCUT2D eigenvalue weighted by atomic mass is 32.2. The van der Waals surface area contributed by atoms with Gasteiger partial charge in [-0.2, -0.15) is 0 Å². The van der Waals surface area contributed by atoms with Gasteiger partial charge in [-0.25, -0.2) is 4.98 Å². The van der Waals surface area contributed by atoms with Crippen molar-refractivity contribution in [2.24, 2.45) is 0 Å². The van der Waals surface area contributed by atoms with E-state index < -0.39 is 0 Å². The molecule has 5 aromatic rings. The Morgan fingerprint density at radius 2 is 1.97 bits per heavy atom. The largest absolute Gasteiger partial charge is 0.495 e. The number of amides is 1. The lowest BCUT2D eigenvalue weighted by atomic mass is 10.2. The summed E-state index contributed by atoms with van der Waals surface area (Å²) in [7, 11) is 1.63. The molecule has 0 atom stereocenters. The number of thioether (sulfide) groups is 1. The quantitative estimate of drug-likeness (QED) is 0.288. The van der Waals surface area contributed by atoms with E-state index in [1.54, 1.807) is 31.1 Å². The second-order valence-corrected chi connectivity index (χ2v) is 9.36. The molecule has 0 aliphatic rings. The van der Waals surface area contributed by atoms with E-state index in [-0.39, 0.29) is 5.91 Å². The number of methoxy groups -OCH3 is 1. The molecule has 0 radical (unpaired) electrons. The number of carbonyl (C=O) groups is 1. The molecule has 0 saturated heterocycles. The van der Waals surface area contributed by atoms with E-state index >= 15 is 0 Å². The fourth-order valence-corrected chi connectivity index (χ4v) is 5.19. The fraction of sp³-hybridized carbons (Fsp3) is 0.120. The number of benzene rings is 1. The van der Waals surface area contributed by atoms with E-state index in [1.807, 2.05) is 59.2 Å². The molecule has 1 amide bonds. The molecule has 0 fully saturated rings. The standard InChI is InChI=1S/C25H21N7O2S2/c1-34-21-10-3-2-9-20(21)32-23(17-7-6-11-26-13-17)30-31-25(32)36-16-22-29-19(15-35-22)24(33)28-14-18-8-4-5-12-27-18/h2-13,15H,14,16H2,1H3,(H,28,33). The summed E-state index contributed by atoms with van der Waals surface area (Å²) in [4.78, 5) is 25.5. The van der Waals surface area contributed by atoms with E-state index in [4.69, 9.17) is 4.74 Å². The van der Waals surface area contributed by atoms with Crippen molar-refractivity contribution in [3.63, 3.8) is 0 Å². The third-order valence-electron chi connectivity index (χ3n) is 5.14. The molecule has 36 heavy (non-hydrogen) atoms. The summed E-state index contributed by atoms with van der Waals surface area (Å²) in [6, 6.07) is 17.1. The Bertz CT molecular complexity index is 1460. The summed E-state index contributed by atoms with van der Waals surface area (Å²) in [6.07, 6.45) is 5.17. The van der Waals surface area contributed by atoms with Crippen LogP contribution in [0.5, 0.6) is 5.75 Å². The Kier molecular flexibility index (Phi) is 7.29. The predicted octanol–water partition coefficient (Wildman–Crippen LogP) is 4.41. The smallest absolute Gasteiger partial charge is 0.271 e. The van der Waals surface area contributed by atoms with Crippen molar-refractivity contribution in [2.75, 3.05) is 7.11 Å². The first-order valence-corrected chi connectivity index (χ1v) is 12.8. The van der Waals surface area contributed by atoms with Crippen LogP contribution in [0.3, 0.4) is 0 Å². The Balaban J connectivity index is 1.35. The molecular formula is C25H21N7O2S2. The van der Waals surface area contributed by atoms with Gasteiger partial charge in [0.1, 0.15) is 16.5 Å². The van der Waals surface area contributed by atoms with Gasteiger partial charge < -0.3 is 10.1 Å². The Morgan fingerprint density at radius 1 is 1.08 bits per heavy atom. The first-order valence-electron chi connectivity index (χ1n) is 11.0. The van der Waals surface area contributed by atoms with E-state index in [0.29, 0.717) is 34.7 Å². The minimum atomic E-state index is -0.232. The number of ether oxygens (including phenoxy) is 1. The summed E-state index contributed by atoms with van der Waals surface area (Å²) in [6.45, 7) is 0.348. The number of thiazole rings is 1. The van der Waals surface area contributed by atoms with Crippen molar-refractivity contribution in [3.05, 3.63) is 95.0 Å². The van der Waals surface area contributed by atoms with Gasteiger partial charge in [-0.1, -0.05) is 30.0 Å². The van der Waals surface area contributed by atoms with Crippen LogP contribution in [0.25, 0.3) is 17.1 Å². The summed E-state index contributed by atoms with van der Waals surface area (Å²) in [5.41, 5.74) is 2.83. The van der Waals surface area contributed by atoms with E-state index in [0.717, 1.165) is 22.0 Å². The molecule has 5 rings (SSSR count). The maximum absolute atomic E-state index is 12.5. The number of carbonyl (C=O) groups excluding carboxylic acids is 1. The number of aromatic nitrogens is 6. The number of hydrogen-bond acceptors (Lipinski definition) is 9. The zero-order chi connectivity index (χ0) is 24.7. The van der Waals surface area contributed by atoms with Crippen LogP contribution in [0, 0.1) is 0 Å². The lowest BCUT2D eigenvalue weighted by molar-refractivity contribution is 0.0946. The van der Waals surface area contributed by atoms with Crippen LogP contribution in [-0.2, 0) is 12.3 Å². The number of rotatable bonds is 9. The second-order valence-electron chi connectivity index (χ2n) is 7.47. The molecule has 0 aliphatic carbocycles. The number of hydrogen-bond donors (Lipinski definition) is 1. The van der Waals surface area contributed by atoms with Gasteiger partial charge in [0.05, 0.1) is 30.8 Å². The van der Waals surface area contributed by atoms with Gasteiger partial charge >= 0.3 is 0 Å². The molecule has 4 aromatic heterocycles. The molecule has 0 saturated carbocycles. The summed E-state index contributed by atoms with van der Waals surface area (Å²) in [5.74, 6) is 1.65.